The first-order valence-electron chi connectivity index (χ1n) is 5.92. The summed E-state index contributed by atoms with van der Waals surface area (Å²) in [4.78, 5) is 4.47. The van der Waals surface area contributed by atoms with E-state index in [4.69, 9.17) is 16.9 Å². The van der Waals surface area contributed by atoms with Gasteiger partial charge in [-0.25, -0.2) is 0 Å². The molecular formula is C14H20N2O. The minimum atomic E-state index is 0.0809. The Kier molecular flexibility index (Phi) is 5.51. The first-order valence-corrected chi connectivity index (χ1v) is 5.92. The maximum Gasteiger partial charge on any atom is 0.140 e. The van der Waals surface area contributed by atoms with E-state index in [0.717, 1.165) is 36.4 Å². The molecule has 0 saturated heterocycles. The van der Waals surface area contributed by atoms with Crippen LogP contribution in [0.4, 0.5) is 0 Å². The van der Waals surface area contributed by atoms with Crippen LogP contribution >= 0.6 is 0 Å². The molecule has 92 valence electrons. The van der Waals surface area contributed by atoms with E-state index in [1.165, 1.54) is 0 Å². The first-order chi connectivity index (χ1) is 8.13. The number of terminal acetylenes is 1. The van der Waals surface area contributed by atoms with Crippen LogP contribution in [0, 0.1) is 19.3 Å². The van der Waals surface area contributed by atoms with Crippen molar-refractivity contribution in [2.45, 2.75) is 39.2 Å². The SMILES string of the molecule is C#CCCCOc1ccc(C)nc1CC(C)N. The third kappa shape index (κ3) is 4.88. The molecule has 0 aliphatic heterocycles. The summed E-state index contributed by atoms with van der Waals surface area (Å²) in [6.07, 6.45) is 7.52. The summed E-state index contributed by atoms with van der Waals surface area (Å²) >= 11 is 0. The molecule has 0 aliphatic rings. The van der Waals surface area contributed by atoms with Crippen LogP contribution in [-0.2, 0) is 6.42 Å². The van der Waals surface area contributed by atoms with E-state index < -0.39 is 0 Å². The molecule has 0 radical (unpaired) electrons. The van der Waals surface area contributed by atoms with E-state index in [9.17, 15) is 0 Å². The number of unbranched alkanes of at least 4 members (excludes halogenated alkanes) is 1. The number of nitrogens with zero attached hydrogens (tertiary/aromatic N) is 1. The highest BCUT2D eigenvalue weighted by molar-refractivity contribution is 5.29. The average Bonchev–Trinajstić information content (AvgIpc) is 2.26. The second-order valence-corrected chi connectivity index (χ2v) is 4.24. The van der Waals surface area contributed by atoms with Crippen LogP contribution in [0.5, 0.6) is 5.75 Å². The Bertz CT molecular complexity index is 394. The molecule has 17 heavy (non-hydrogen) atoms. The molecule has 3 heteroatoms. The lowest BCUT2D eigenvalue weighted by atomic mass is 10.1. The van der Waals surface area contributed by atoms with Gasteiger partial charge in [0.25, 0.3) is 0 Å². The third-order valence-corrected chi connectivity index (χ3v) is 2.31. The first kappa shape index (κ1) is 13.5. The van der Waals surface area contributed by atoms with Gasteiger partial charge in [-0.3, -0.25) is 4.98 Å². The second-order valence-electron chi connectivity index (χ2n) is 4.24. The van der Waals surface area contributed by atoms with Gasteiger partial charge < -0.3 is 10.5 Å². The molecule has 0 aromatic carbocycles. The molecule has 3 nitrogen and oxygen atoms in total. The molecule has 1 heterocycles. The van der Waals surface area contributed by atoms with E-state index in [-0.39, 0.29) is 6.04 Å². The van der Waals surface area contributed by atoms with Crippen LogP contribution in [0.2, 0.25) is 0 Å². The molecule has 2 N–H and O–H groups in total. The van der Waals surface area contributed by atoms with E-state index >= 15 is 0 Å². The number of aryl methyl sites for hydroxylation is 1. The fourth-order valence-electron chi connectivity index (χ4n) is 1.54. The molecule has 1 atom stereocenters. The molecule has 0 bridgehead atoms. The number of hydrogen-bond donors (Lipinski definition) is 1. The Hall–Kier alpha value is -1.53. The Labute approximate surface area is 103 Å². The topological polar surface area (TPSA) is 48.1 Å². The van der Waals surface area contributed by atoms with Gasteiger partial charge in [-0.15, -0.1) is 12.3 Å². The fraction of sp³-hybridized carbons (Fsp3) is 0.500. The Morgan fingerprint density at radius 3 is 2.94 bits per heavy atom. The minimum Gasteiger partial charge on any atom is -0.492 e. The van der Waals surface area contributed by atoms with Crippen LogP contribution in [-0.4, -0.2) is 17.6 Å². The number of ether oxygens (including phenoxy) is 1. The lowest BCUT2D eigenvalue weighted by molar-refractivity contribution is 0.307. The van der Waals surface area contributed by atoms with Crippen molar-refractivity contribution in [3.8, 4) is 18.1 Å². The summed E-state index contributed by atoms with van der Waals surface area (Å²) in [5.74, 6) is 3.42. The Morgan fingerprint density at radius 2 is 2.29 bits per heavy atom. The van der Waals surface area contributed by atoms with Crippen LogP contribution in [0.3, 0.4) is 0 Å². The third-order valence-electron chi connectivity index (χ3n) is 2.31. The number of rotatable bonds is 6. The smallest absolute Gasteiger partial charge is 0.140 e. The number of pyridine rings is 1. The highest BCUT2D eigenvalue weighted by Gasteiger charge is 2.08. The number of nitrogens with two attached hydrogens (primary N) is 1. The normalized spacial score (nSPS) is 11.9. The fourth-order valence-corrected chi connectivity index (χ4v) is 1.54. The zero-order valence-electron chi connectivity index (χ0n) is 10.6. The second kappa shape index (κ2) is 6.93. The molecule has 0 amide bonds. The van der Waals surface area contributed by atoms with Crippen molar-refractivity contribution >= 4 is 0 Å². The van der Waals surface area contributed by atoms with E-state index in [2.05, 4.69) is 10.9 Å². The monoisotopic (exact) mass is 232 g/mol. The minimum absolute atomic E-state index is 0.0809. The van der Waals surface area contributed by atoms with Crippen LogP contribution in [0.15, 0.2) is 12.1 Å². The van der Waals surface area contributed by atoms with Crippen molar-refractivity contribution in [3.63, 3.8) is 0 Å². The van der Waals surface area contributed by atoms with Gasteiger partial charge in [0.05, 0.1) is 12.3 Å². The van der Waals surface area contributed by atoms with Crippen molar-refractivity contribution < 1.29 is 4.74 Å². The van der Waals surface area contributed by atoms with Gasteiger partial charge in [-0.1, -0.05) is 0 Å². The number of aromatic nitrogens is 1. The van der Waals surface area contributed by atoms with Crippen molar-refractivity contribution in [2.75, 3.05) is 6.61 Å². The van der Waals surface area contributed by atoms with Gasteiger partial charge >= 0.3 is 0 Å². The lowest BCUT2D eigenvalue weighted by Gasteiger charge is -2.12. The van der Waals surface area contributed by atoms with Gasteiger partial charge in [0.15, 0.2) is 0 Å². The van der Waals surface area contributed by atoms with E-state index in [1.807, 2.05) is 26.0 Å². The molecule has 0 aliphatic carbocycles. The highest BCUT2D eigenvalue weighted by atomic mass is 16.5. The maximum absolute atomic E-state index is 5.80. The summed E-state index contributed by atoms with van der Waals surface area (Å²) in [6, 6.07) is 3.98. The molecule has 1 rings (SSSR count). The summed E-state index contributed by atoms with van der Waals surface area (Å²) in [7, 11) is 0. The Balaban J connectivity index is 2.66. The highest BCUT2D eigenvalue weighted by Crippen LogP contribution is 2.18. The molecule has 0 spiro atoms. The molecule has 1 aromatic heterocycles. The summed E-state index contributed by atoms with van der Waals surface area (Å²) in [6.45, 7) is 4.56. The summed E-state index contributed by atoms with van der Waals surface area (Å²) < 4.78 is 5.68. The van der Waals surface area contributed by atoms with Crippen molar-refractivity contribution in [2.24, 2.45) is 5.73 Å². The molecule has 1 aromatic rings. The van der Waals surface area contributed by atoms with Crippen molar-refractivity contribution in [1.82, 2.24) is 4.98 Å². The van der Waals surface area contributed by atoms with Crippen molar-refractivity contribution in [1.29, 1.82) is 0 Å². The van der Waals surface area contributed by atoms with Gasteiger partial charge in [0, 0.05) is 24.6 Å². The van der Waals surface area contributed by atoms with Crippen LogP contribution < -0.4 is 10.5 Å². The molecule has 1 unspecified atom stereocenters. The van der Waals surface area contributed by atoms with Crippen molar-refractivity contribution in [3.05, 3.63) is 23.5 Å². The maximum atomic E-state index is 5.80. The van der Waals surface area contributed by atoms with Gasteiger partial charge in [0.2, 0.25) is 0 Å². The van der Waals surface area contributed by atoms with Gasteiger partial charge in [0.1, 0.15) is 5.75 Å². The Morgan fingerprint density at radius 1 is 1.53 bits per heavy atom. The summed E-state index contributed by atoms with van der Waals surface area (Å²) in [5, 5.41) is 0. The molecule has 0 saturated carbocycles. The quantitative estimate of drug-likeness (QED) is 0.603. The lowest BCUT2D eigenvalue weighted by Crippen LogP contribution is -2.19. The predicted octanol–water partition coefficient (Wildman–Crippen LogP) is 2.07. The molecular weight excluding hydrogens is 212 g/mol. The van der Waals surface area contributed by atoms with E-state index in [0.29, 0.717) is 6.61 Å². The predicted molar refractivity (Wildman–Crippen MR) is 69.9 cm³/mol. The van der Waals surface area contributed by atoms with Gasteiger partial charge in [-0.05, 0) is 32.4 Å². The largest absolute Gasteiger partial charge is 0.492 e. The van der Waals surface area contributed by atoms with Crippen LogP contribution in [0.1, 0.15) is 31.2 Å². The van der Waals surface area contributed by atoms with Crippen LogP contribution in [0.25, 0.3) is 0 Å². The number of hydrogen-bond acceptors (Lipinski definition) is 3. The standard InChI is InChI=1S/C14H20N2O/c1-4-5-6-9-17-14-8-7-12(3)16-13(14)10-11(2)15/h1,7-8,11H,5-6,9-10,15H2,2-3H3. The van der Waals surface area contributed by atoms with Gasteiger partial charge in [-0.2, -0.15) is 0 Å². The zero-order valence-corrected chi connectivity index (χ0v) is 10.6. The molecule has 0 fully saturated rings. The zero-order chi connectivity index (χ0) is 12.7. The summed E-state index contributed by atoms with van der Waals surface area (Å²) in [5.41, 5.74) is 7.71. The average molecular weight is 232 g/mol. The van der Waals surface area contributed by atoms with E-state index in [1.54, 1.807) is 0 Å².